The molecule has 0 radical (unpaired) electrons. The van der Waals surface area contributed by atoms with Gasteiger partial charge in [0.2, 0.25) is 0 Å². The number of rotatable bonds is 5. The number of hydrogen-bond acceptors (Lipinski definition) is 3. The summed E-state index contributed by atoms with van der Waals surface area (Å²) in [7, 11) is 1.53. The van der Waals surface area contributed by atoms with Crippen LogP contribution in [-0.4, -0.2) is 13.4 Å². The standard InChI is InChI=1S/C15H13BrO3/c1-18-15-12(9-17)7-13(8-14(15)16)19-10-11-5-3-2-4-6-11/h2-9H,10H2,1H3. The van der Waals surface area contributed by atoms with E-state index in [1.54, 1.807) is 12.1 Å². The Hall–Kier alpha value is -1.81. The molecule has 0 aliphatic heterocycles. The lowest BCUT2D eigenvalue weighted by Crippen LogP contribution is -1.98. The van der Waals surface area contributed by atoms with E-state index in [0.717, 1.165) is 11.8 Å². The van der Waals surface area contributed by atoms with Crippen molar-refractivity contribution in [2.45, 2.75) is 6.61 Å². The molecule has 0 atom stereocenters. The number of methoxy groups -OCH3 is 1. The number of carbonyl (C=O) groups excluding carboxylic acids is 1. The Morgan fingerprint density at radius 3 is 2.58 bits per heavy atom. The van der Waals surface area contributed by atoms with Gasteiger partial charge in [-0.2, -0.15) is 0 Å². The van der Waals surface area contributed by atoms with E-state index in [4.69, 9.17) is 9.47 Å². The summed E-state index contributed by atoms with van der Waals surface area (Å²) in [4.78, 5) is 11.0. The second kappa shape index (κ2) is 6.38. The maximum atomic E-state index is 11.0. The molecular formula is C15H13BrO3. The molecule has 2 aromatic rings. The maximum absolute atomic E-state index is 11.0. The fourth-order valence-electron chi connectivity index (χ4n) is 1.72. The highest BCUT2D eigenvalue weighted by Gasteiger charge is 2.10. The van der Waals surface area contributed by atoms with Crippen LogP contribution in [0.5, 0.6) is 11.5 Å². The molecule has 2 aromatic carbocycles. The summed E-state index contributed by atoms with van der Waals surface area (Å²) in [5.74, 6) is 1.14. The Morgan fingerprint density at radius 1 is 1.21 bits per heavy atom. The minimum Gasteiger partial charge on any atom is -0.495 e. The predicted molar refractivity (Wildman–Crippen MR) is 76.9 cm³/mol. The topological polar surface area (TPSA) is 35.5 Å². The molecule has 0 saturated carbocycles. The van der Waals surface area contributed by atoms with Crippen LogP contribution in [0, 0.1) is 0 Å². The van der Waals surface area contributed by atoms with Crippen LogP contribution < -0.4 is 9.47 Å². The van der Waals surface area contributed by atoms with Crippen molar-refractivity contribution in [3.8, 4) is 11.5 Å². The van der Waals surface area contributed by atoms with Crippen LogP contribution in [0.25, 0.3) is 0 Å². The monoisotopic (exact) mass is 320 g/mol. The van der Waals surface area contributed by atoms with Crippen LogP contribution in [-0.2, 0) is 6.61 Å². The fourth-order valence-corrected chi connectivity index (χ4v) is 2.33. The van der Waals surface area contributed by atoms with Gasteiger partial charge in [-0.05, 0) is 33.6 Å². The molecule has 0 bridgehead atoms. The molecule has 19 heavy (non-hydrogen) atoms. The van der Waals surface area contributed by atoms with E-state index in [-0.39, 0.29) is 0 Å². The molecule has 98 valence electrons. The maximum Gasteiger partial charge on any atom is 0.153 e. The summed E-state index contributed by atoms with van der Waals surface area (Å²) in [6, 6.07) is 13.3. The van der Waals surface area contributed by atoms with Crippen LogP contribution in [0.3, 0.4) is 0 Å². The fraction of sp³-hybridized carbons (Fsp3) is 0.133. The third-order valence-corrected chi connectivity index (χ3v) is 3.21. The zero-order valence-corrected chi connectivity index (χ0v) is 12.0. The third-order valence-electron chi connectivity index (χ3n) is 2.63. The van der Waals surface area contributed by atoms with Gasteiger partial charge in [-0.1, -0.05) is 30.3 Å². The van der Waals surface area contributed by atoms with Crippen molar-refractivity contribution in [1.29, 1.82) is 0 Å². The number of aldehydes is 1. The van der Waals surface area contributed by atoms with Crippen LogP contribution >= 0.6 is 15.9 Å². The molecule has 0 saturated heterocycles. The molecule has 0 aliphatic carbocycles. The van der Waals surface area contributed by atoms with Gasteiger partial charge < -0.3 is 9.47 Å². The highest BCUT2D eigenvalue weighted by Crippen LogP contribution is 2.32. The largest absolute Gasteiger partial charge is 0.495 e. The van der Waals surface area contributed by atoms with Crippen molar-refractivity contribution in [1.82, 2.24) is 0 Å². The summed E-state index contributed by atoms with van der Waals surface area (Å²) < 4.78 is 11.5. The van der Waals surface area contributed by atoms with Crippen LogP contribution in [0.15, 0.2) is 46.9 Å². The highest BCUT2D eigenvalue weighted by atomic mass is 79.9. The van der Waals surface area contributed by atoms with Crippen molar-refractivity contribution in [3.63, 3.8) is 0 Å². The van der Waals surface area contributed by atoms with Crippen molar-refractivity contribution in [2.24, 2.45) is 0 Å². The quantitative estimate of drug-likeness (QED) is 0.785. The van der Waals surface area contributed by atoms with Gasteiger partial charge in [0, 0.05) is 0 Å². The van der Waals surface area contributed by atoms with E-state index in [2.05, 4.69) is 15.9 Å². The van der Waals surface area contributed by atoms with E-state index in [9.17, 15) is 4.79 Å². The number of halogens is 1. The number of carbonyl (C=O) groups is 1. The van der Waals surface area contributed by atoms with Gasteiger partial charge in [0.15, 0.2) is 6.29 Å². The van der Waals surface area contributed by atoms with Gasteiger partial charge in [-0.25, -0.2) is 0 Å². The smallest absolute Gasteiger partial charge is 0.153 e. The van der Waals surface area contributed by atoms with Gasteiger partial charge in [0.05, 0.1) is 17.1 Å². The zero-order chi connectivity index (χ0) is 13.7. The minimum absolute atomic E-state index is 0.456. The van der Waals surface area contributed by atoms with E-state index in [1.165, 1.54) is 7.11 Å². The molecule has 0 aromatic heterocycles. The van der Waals surface area contributed by atoms with E-state index >= 15 is 0 Å². The molecule has 0 spiro atoms. The van der Waals surface area contributed by atoms with Gasteiger partial charge in [-0.15, -0.1) is 0 Å². The van der Waals surface area contributed by atoms with Crippen LogP contribution in [0.4, 0.5) is 0 Å². The molecule has 0 fully saturated rings. The molecule has 4 heteroatoms. The Morgan fingerprint density at radius 2 is 1.95 bits per heavy atom. The van der Waals surface area contributed by atoms with Crippen molar-refractivity contribution in [2.75, 3.05) is 7.11 Å². The van der Waals surface area contributed by atoms with Gasteiger partial charge in [-0.3, -0.25) is 4.79 Å². The van der Waals surface area contributed by atoms with Gasteiger partial charge >= 0.3 is 0 Å². The zero-order valence-electron chi connectivity index (χ0n) is 10.4. The first-order valence-corrected chi connectivity index (χ1v) is 6.53. The number of benzene rings is 2. The molecule has 0 unspecified atom stereocenters. The number of ether oxygens (including phenoxy) is 2. The average molecular weight is 321 g/mol. The Bertz CT molecular complexity index is 567. The predicted octanol–water partition coefficient (Wildman–Crippen LogP) is 3.85. The molecule has 3 nitrogen and oxygen atoms in total. The summed E-state index contributed by atoms with van der Waals surface area (Å²) in [5, 5.41) is 0. The second-order valence-corrected chi connectivity index (χ2v) is 4.77. The Kier molecular flexibility index (Phi) is 4.58. The molecule has 0 heterocycles. The van der Waals surface area contributed by atoms with E-state index < -0.39 is 0 Å². The summed E-state index contributed by atoms with van der Waals surface area (Å²) >= 11 is 3.36. The lowest BCUT2D eigenvalue weighted by Gasteiger charge is -2.11. The van der Waals surface area contributed by atoms with Gasteiger partial charge in [0.25, 0.3) is 0 Å². The summed E-state index contributed by atoms with van der Waals surface area (Å²) in [5.41, 5.74) is 1.53. The number of hydrogen-bond donors (Lipinski definition) is 0. The molecule has 0 N–H and O–H groups in total. The third kappa shape index (κ3) is 3.35. The molecule has 2 rings (SSSR count). The molecule has 0 aliphatic rings. The first kappa shape index (κ1) is 13.6. The molecular weight excluding hydrogens is 308 g/mol. The lowest BCUT2D eigenvalue weighted by molar-refractivity contribution is 0.112. The Labute approximate surface area is 120 Å². The van der Waals surface area contributed by atoms with Crippen molar-refractivity contribution < 1.29 is 14.3 Å². The first-order valence-electron chi connectivity index (χ1n) is 5.74. The average Bonchev–Trinajstić information content (AvgIpc) is 2.45. The Balaban J connectivity index is 2.17. The van der Waals surface area contributed by atoms with Crippen LogP contribution in [0.1, 0.15) is 15.9 Å². The SMILES string of the molecule is COc1c(Br)cc(OCc2ccccc2)cc1C=O. The molecule has 0 amide bonds. The van der Waals surface area contributed by atoms with Crippen LogP contribution in [0.2, 0.25) is 0 Å². The van der Waals surface area contributed by atoms with Gasteiger partial charge in [0.1, 0.15) is 18.1 Å². The summed E-state index contributed by atoms with van der Waals surface area (Å²) in [6.07, 6.45) is 0.749. The highest BCUT2D eigenvalue weighted by molar-refractivity contribution is 9.10. The van der Waals surface area contributed by atoms with E-state index in [1.807, 2.05) is 30.3 Å². The first-order chi connectivity index (χ1) is 9.24. The minimum atomic E-state index is 0.456. The summed E-state index contributed by atoms with van der Waals surface area (Å²) in [6.45, 7) is 0.456. The lowest BCUT2D eigenvalue weighted by atomic mass is 10.2. The normalized spacial score (nSPS) is 10.0. The van der Waals surface area contributed by atoms with E-state index in [0.29, 0.717) is 28.1 Å². The second-order valence-electron chi connectivity index (χ2n) is 3.92. The van der Waals surface area contributed by atoms with Crippen molar-refractivity contribution in [3.05, 3.63) is 58.1 Å². The van der Waals surface area contributed by atoms with Crippen molar-refractivity contribution >= 4 is 22.2 Å².